The molecule has 106 valence electrons. The predicted octanol–water partition coefficient (Wildman–Crippen LogP) is 4.60. The fourth-order valence-electron chi connectivity index (χ4n) is 2.68. The number of fused-ring (bicyclic) bond motifs is 1. The van der Waals surface area contributed by atoms with Crippen molar-refractivity contribution in [3.8, 4) is 0 Å². The van der Waals surface area contributed by atoms with E-state index < -0.39 is 0 Å². The first-order valence-corrected chi connectivity index (χ1v) is 9.13. The largest absolute Gasteiger partial charge is 0.308 e. The predicted molar refractivity (Wildman–Crippen MR) is 90.7 cm³/mol. The van der Waals surface area contributed by atoms with Crippen LogP contribution in [0.5, 0.6) is 0 Å². The monoisotopic (exact) mass is 303 g/mol. The lowest BCUT2D eigenvalue weighted by molar-refractivity contribution is 0.442. The molecule has 0 saturated heterocycles. The summed E-state index contributed by atoms with van der Waals surface area (Å²) in [6.45, 7) is 5.68. The topological polar surface area (TPSA) is 12.0 Å². The quantitative estimate of drug-likeness (QED) is 0.885. The molecule has 20 heavy (non-hydrogen) atoms. The molecule has 1 nitrogen and oxygen atoms in total. The Morgan fingerprint density at radius 1 is 1.20 bits per heavy atom. The van der Waals surface area contributed by atoms with E-state index >= 15 is 0 Å². The Kier molecular flexibility index (Phi) is 4.20. The molecule has 0 spiro atoms. The van der Waals surface area contributed by atoms with Crippen LogP contribution in [0.3, 0.4) is 0 Å². The van der Waals surface area contributed by atoms with E-state index in [4.69, 9.17) is 0 Å². The minimum absolute atomic E-state index is 0.200. The summed E-state index contributed by atoms with van der Waals surface area (Å²) in [4.78, 5) is 1.46. The molecule has 0 amide bonds. The second-order valence-electron chi connectivity index (χ2n) is 6.01. The van der Waals surface area contributed by atoms with Crippen LogP contribution in [0.4, 0.5) is 0 Å². The summed E-state index contributed by atoms with van der Waals surface area (Å²) in [5.41, 5.74) is 3.19. The standard InChI is InChI=1S/C17H21NS2/c1-17(2,16-8-5-9-20-16)12-18-15-11-19-10-13-6-3-4-7-14(13)15/h3-9,15,18H,10-12H2,1-2H3. The second kappa shape index (κ2) is 5.92. The van der Waals surface area contributed by atoms with Gasteiger partial charge in [0.2, 0.25) is 0 Å². The first-order valence-electron chi connectivity index (χ1n) is 7.10. The molecule has 0 radical (unpaired) electrons. The summed E-state index contributed by atoms with van der Waals surface area (Å²) in [5.74, 6) is 2.33. The van der Waals surface area contributed by atoms with Crippen molar-refractivity contribution in [2.45, 2.75) is 31.1 Å². The average Bonchev–Trinajstić information content (AvgIpc) is 3.00. The van der Waals surface area contributed by atoms with E-state index in [-0.39, 0.29) is 5.41 Å². The molecule has 0 bridgehead atoms. The van der Waals surface area contributed by atoms with Crippen LogP contribution in [-0.4, -0.2) is 12.3 Å². The van der Waals surface area contributed by atoms with Gasteiger partial charge in [0.1, 0.15) is 0 Å². The highest BCUT2D eigenvalue weighted by Gasteiger charge is 2.25. The number of hydrogen-bond donors (Lipinski definition) is 1. The molecule has 0 aliphatic carbocycles. The normalized spacial score (nSPS) is 18.8. The van der Waals surface area contributed by atoms with E-state index in [9.17, 15) is 0 Å². The van der Waals surface area contributed by atoms with E-state index in [1.165, 1.54) is 21.8 Å². The third-order valence-electron chi connectivity index (χ3n) is 3.95. The number of nitrogens with one attached hydrogen (secondary N) is 1. The minimum atomic E-state index is 0.200. The zero-order chi connectivity index (χ0) is 14.0. The summed E-state index contributed by atoms with van der Waals surface area (Å²) in [6.07, 6.45) is 0. The highest BCUT2D eigenvalue weighted by molar-refractivity contribution is 7.98. The molecule has 3 heteroatoms. The number of hydrogen-bond acceptors (Lipinski definition) is 3. The van der Waals surface area contributed by atoms with Gasteiger partial charge in [-0.15, -0.1) is 11.3 Å². The van der Waals surface area contributed by atoms with Gasteiger partial charge in [-0.1, -0.05) is 44.2 Å². The molecule has 1 aliphatic heterocycles. The Balaban J connectivity index is 1.71. The van der Waals surface area contributed by atoms with Crippen molar-refractivity contribution in [1.82, 2.24) is 5.32 Å². The average molecular weight is 303 g/mol. The van der Waals surface area contributed by atoms with Crippen LogP contribution < -0.4 is 5.32 Å². The van der Waals surface area contributed by atoms with E-state index in [0.717, 1.165) is 12.3 Å². The van der Waals surface area contributed by atoms with Gasteiger partial charge in [-0.25, -0.2) is 0 Å². The van der Waals surface area contributed by atoms with Crippen molar-refractivity contribution in [1.29, 1.82) is 0 Å². The molecule has 1 aromatic heterocycles. The van der Waals surface area contributed by atoms with E-state index in [1.54, 1.807) is 0 Å². The Bertz CT molecular complexity index is 560. The molecule has 1 atom stereocenters. The van der Waals surface area contributed by atoms with E-state index in [1.807, 2.05) is 23.1 Å². The van der Waals surface area contributed by atoms with Crippen molar-refractivity contribution in [2.24, 2.45) is 0 Å². The van der Waals surface area contributed by atoms with Gasteiger partial charge in [0.25, 0.3) is 0 Å². The molecule has 3 rings (SSSR count). The Hall–Kier alpha value is -0.770. The van der Waals surface area contributed by atoms with Crippen LogP contribution in [0.2, 0.25) is 0 Å². The maximum absolute atomic E-state index is 3.79. The van der Waals surface area contributed by atoms with E-state index in [2.05, 4.69) is 60.9 Å². The maximum Gasteiger partial charge on any atom is 0.0415 e. The second-order valence-corrected chi connectivity index (χ2v) is 7.99. The summed E-state index contributed by atoms with van der Waals surface area (Å²) >= 11 is 3.89. The SMILES string of the molecule is CC(C)(CNC1CSCc2ccccc21)c1cccs1. The molecule has 2 aromatic rings. The lowest BCUT2D eigenvalue weighted by atomic mass is 9.90. The van der Waals surface area contributed by atoms with E-state index in [0.29, 0.717) is 6.04 Å². The van der Waals surface area contributed by atoms with Gasteiger partial charge >= 0.3 is 0 Å². The van der Waals surface area contributed by atoms with Crippen LogP contribution >= 0.6 is 23.1 Å². The van der Waals surface area contributed by atoms with Gasteiger partial charge in [0, 0.05) is 34.4 Å². The highest BCUT2D eigenvalue weighted by atomic mass is 32.2. The molecule has 0 fully saturated rings. The molecular formula is C17H21NS2. The van der Waals surface area contributed by atoms with Gasteiger partial charge in [-0.3, -0.25) is 0 Å². The molecular weight excluding hydrogens is 282 g/mol. The zero-order valence-electron chi connectivity index (χ0n) is 12.1. The molecule has 1 N–H and O–H groups in total. The molecule has 0 saturated carbocycles. The van der Waals surface area contributed by atoms with Gasteiger partial charge < -0.3 is 5.32 Å². The molecule has 1 aromatic carbocycles. The molecule has 2 heterocycles. The Labute approximate surface area is 129 Å². The van der Waals surface area contributed by atoms with Gasteiger partial charge in [-0.05, 0) is 22.6 Å². The fourth-order valence-corrected chi connectivity index (χ4v) is 4.67. The highest BCUT2D eigenvalue weighted by Crippen LogP contribution is 2.33. The maximum atomic E-state index is 3.79. The number of rotatable bonds is 4. The van der Waals surface area contributed by atoms with Crippen LogP contribution in [0.15, 0.2) is 41.8 Å². The molecule has 1 aliphatic rings. The Morgan fingerprint density at radius 3 is 2.85 bits per heavy atom. The number of benzene rings is 1. The smallest absolute Gasteiger partial charge is 0.0415 e. The minimum Gasteiger partial charge on any atom is -0.308 e. The number of thioether (sulfide) groups is 1. The Morgan fingerprint density at radius 2 is 2.05 bits per heavy atom. The van der Waals surface area contributed by atoms with Crippen LogP contribution in [0, 0.1) is 0 Å². The van der Waals surface area contributed by atoms with Gasteiger partial charge in [-0.2, -0.15) is 11.8 Å². The number of thiophene rings is 1. The van der Waals surface area contributed by atoms with Crippen LogP contribution in [0.25, 0.3) is 0 Å². The summed E-state index contributed by atoms with van der Waals surface area (Å²) in [6, 6.07) is 13.7. The van der Waals surface area contributed by atoms with Crippen molar-refractivity contribution in [2.75, 3.05) is 12.3 Å². The lowest BCUT2D eigenvalue weighted by Crippen LogP contribution is -2.36. The summed E-state index contributed by atoms with van der Waals surface area (Å²) in [5, 5.41) is 5.96. The first-order chi connectivity index (χ1) is 9.67. The van der Waals surface area contributed by atoms with Crippen molar-refractivity contribution < 1.29 is 0 Å². The summed E-state index contributed by atoms with van der Waals surface area (Å²) < 4.78 is 0. The fraction of sp³-hybridized carbons (Fsp3) is 0.412. The third kappa shape index (κ3) is 2.95. The molecule has 1 unspecified atom stereocenters. The van der Waals surface area contributed by atoms with Gasteiger partial charge in [0.05, 0.1) is 0 Å². The van der Waals surface area contributed by atoms with Crippen LogP contribution in [-0.2, 0) is 11.2 Å². The zero-order valence-corrected chi connectivity index (χ0v) is 13.7. The third-order valence-corrected chi connectivity index (χ3v) is 6.27. The lowest BCUT2D eigenvalue weighted by Gasteiger charge is -2.31. The van der Waals surface area contributed by atoms with Crippen molar-refractivity contribution >= 4 is 23.1 Å². The summed E-state index contributed by atoms with van der Waals surface area (Å²) in [7, 11) is 0. The van der Waals surface area contributed by atoms with Crippen LogP contribution in [0.1, 0.15) is 35.9 Å². The van der Waals surface area contributed by atoms with Crippen molar-refractivity contribution in [3.05, 3.63) is 57.8 Å². The van der Waals surface area contributed by atoms with Gasteiger partial charge in [0.15, 0.2) is 0 Å². The first kappa shape index (κ1) is 14.2. The van der Waals surface area contributed by atoms with Crippen molar-refractivity contribution in [3.63, 3.8) is 0 Å².